The predicted octanol–water partition coefficient (Wildman–Crippen LogP) is 4.97. The van der Waals surface area contributed by atoms with Crippen LogP contribution in [0.3, 0.4) is 0 Å². The number of nitrogens with zero attached hydrogens (tertiary/aromatic N) is 4. The highest BCUT2D eigenvalue weighted by Crippen LogP contribution is 2.30. The lowest BCUT2D eigenvalue weighted by atomic mass is 10.0. The van der Waals surface area contributed by atoms with E-state index in [9.17, 15) is 14.4 Å². The predicted molar refractivity (Wildman–Crippen MR) is 154 cm³/mol. The summed E-state index contributed by atoms with van der Waals surface area (Å²) in [6.45, 7) is 8.41. The zero-order valence-corrected chi connectivity index (χ0v) is 23.3. The number of carbonyl (C=O) groups is 3. The quantitative estimate of drug-likeness (QED) is 0.254. The minimum atomic E-state index is -0.978. The molecule has 208 valence electrons. The number of anilines is 1. The largest absolute Gasteiger partial charge is 0.494 e. The topological polar surface area (TPSA) is 106 Å². The number of Topliss-reactive ketones (excluding diaryl/α,β-unsaturated/α-hetero) is 1. The van der Waals surface area contributed by atoms with Crippen LogP contribution in [-0.4, -0.2) is 45.7 Å². The highest BCUT2D eigenvalue weighted by atomic mass is 16.5. The molecule has 3 aromatic carbocycles. The van der Waals surface area contributed by atoms with Crippen molar-refractivity contribution < 1.29 is 19.1 Å². The summed E-state index contributed by atoms with van der Waals surface area (Å²) >= 11 is 0. The van der Waals surface area contributed by atoms with Gasteiger partial charge in [-0.2, -0.15) is 0 Å². The molecule has 0 aliphatic carbocycles. The second-order valence-corrected chi connectivity index (χ2v) is 9.98. The molecule has 0 aliphatic rings. The Bertz CT molecular complexity index is 1460. The number of para-hydroxylation sites is 1. The van der Waals surface area contributed by atoms with E-state index in [0.29, 0.717) is 52.7 Å². The molecule has 0 aliphatic heterocycles. The van der Waals surface area contributed by atoms with Gasteiger partial charge in [-0.15, -0.1) is 5.10 Å². The fraction of sp³-hybridized carbons (Fsp3) is 0.323. The molecule has 9 nitrogen and oxygen atoms in total. The molecule has 1 aromatic heterocycles. The lowest BCUT2D eigenvalue weighted by Crippen LogP contribution is -2.45. The fourth-order valence-electron chi connectivity index (χ4n) is 4.44. The zero-order valence-electron chi connectivity index (χ0n) is 23.3. The van der Waals surface area contributed by atoms with Crippen molar-refractivity contribution in [1.29, 1.82) is 0 Å². The van der Waals surface area contributed by atoms with E-state index in [1.807, 2.05) is 31.2 Å². The van der Waals surface area contributed by atoms with Gasteiger partial charge < -0.3 is 10.1 Å². The third kappa shape index (κ3) is 6.72. The lowest BCUT2D eigenvalue weighted by Gasteiger charge is -2.32. The van der Waals surface area contributed by atoms with Crippen LogP contribution in [0.25, 0.3) is 11.0 Å². The molecule has 4 rings (SSSR count). The fourth-order valence-corrected chi connectivity index (χ4v) is 4.44. The van der Waals surface area contributed by atoms with Crippen molar-refractivity contribution in [3.8, 4) is 5.75 Å². The summed E-state index contributed by atoms with van der Waals surface area (Å²) in [5.41, 5.74) is 3.00. The molecular weight excluding hydrogens is 506 g/mol. The standard InChI is InChI=1S/C31H35N5O4/c1-5-40-26-16-12-24(13-17-26)30(31(39)32-19-18-21(2)3)36(25-14-10-23(11-15-25)22(4)37)29(38)20-35-28-9-7-6-8-27(28)33-34-35/h6-17,21,30H,5,18-20H2,1-4H3,(H,32,39). The van der Waals surface area contributed by atoms with Gasteiger partial charge in [0, 0.05) is 17.8 Å². The number of aromatic nitrogens is 3. The van der Waals surface area contributed by atoms with Gasteiger partial charge in [-0.05, 0) is 80.3 Å². The number of rotatable bonds is 12. The summed E-state index contributed by atoms with van der Waals surface area (Å²) in [5, 5.41) is 11.4. The average molecular weight is 542 g/mol. The van der Waals surface area contributed by atoms with Gasteiger partial charge in [0.05, 0.1) is 12.1 Å². The van der Waals surface area contributed by atoms with Crippen LogP contribution >= 0.6 is 0 Å². The van der Waals surface area contributed by atoms with E-state index in [2.05, 4.69) is 29.5 Å². The van der Waals surface area contributed by atoms with E-state index in [1.54, 1.807) is 48.5 Å². The average Bonchev–Trinajstić information content (AvgIpc) is 3.34. The molecule has 0 saturated heterocycles. The van der Waals surface area contributed by atoms with Crippen LogP contribution in [-0.2, 0) is 16.1 Å². The molecule has 40 heavy (non-hydrogen) atoms. The monoisotopic (exact) mass is 541 g/mol. The molecule has 2 amide bonds. The Balaban J connectivity index is 1.78. The van der Waals surface area contributed by atoms with Crippen molar-refractivity contribution in [3.05, 3.63) is 83.9 Å². The van der Waals surface area contributed by atoms with Crippen molar-refractivity contribution in [1.82, 2.24) is 20.3 Å². The van der Waals surface area contributed by atoms with Gasteiger partial charge in [0.1, 0.15) is 23.9 Å². The molecule has 0 spiro atoms. The summed E-state index contributed by atoms with van der Waals surface area (Å²) in [5.74, 6) is 0.319. The van der Waals surface area contributed by atoms with Crippen LogP contribution in [0.5, 0.6) is 5.75 Å². The molecule has 1 N–H and O–H groups in total. The van der Waals surface area contributed by atoms with Crippen LogP contribution in [0.1, 0.15) is 56.1 Å². The summed E-state index contributed by atoms with van der Waals surface area (Å²) in [6, 6.07) is 20.3. The second kappa shape index (κ2) is 13.0. The van der Waals surface area contributed by atoms with E-state index in [1.165, 1.54) is 16.5 Å². The van der Waals surface area contributed by atoms with E-state index < -0.39 is 6.04 Å². The Hall–Kier alpha value is -4.53. The van der Waals surface area contributed by atoms with Crippen molar-refractivity contribution in [3.63, 3.8) is 0 Å². The number of hydrogen-bond acceptors (Lipinski definition) is 6. The highest BCUT2D eigenvalue weighted by Gasteiger charge is 2.33. The number of hydrogen-bond donors (Lipinski definition) is 1. The number of ether oxygens (including phenoxy) is 1. The van der Waals surface area contributed by atoms with Gasteiger partial charge in [-0.1, -0.05) is 43.3 Å². The van der Waals surface area contributed by atoms with Gasteiger partial charge in [0.25, 0.3) is 0 Å². The highest BCUT2D eigenvalue weighted by molar-refractivity contribution is 6.02. The number of ketones is 1. The Kier molecular flexibility index (Phi) is 9.27. The molecule has 1 heterocycles. The van der Waals surface area contributed by atoms with Crippen LogP contribution in [0.2, 0.25) is 0 Å². The Morgan fingerprint density at radius 3 is 2.33 bits per heavy atom. The minimum absolute atomic E-state index is 0.0898. The molecule has 0 radical (unpaired) electrons. The maximum atomic E-state index is 14.1. The van der Waals surface area contributed by atoms with Gasteiger partial charge in [-0.3, -0.25) is 19.3 Å². The zero-order chi connectivity index (χ0) is 28.6. The molecule has 0 bridgehead atoms. The third-order valence-corrected chi connectivity index (χ3v) is 6.56. The SMILES string of the molecule is CCOc1ccc(C(C(=O)NCCC(C)C)N(C(=O)Cn2nnc3ccccc32)c2ccc(C(C)=O)cc2)cc1. The molecule has 0 saturated carbocycles. The summed E-state index contributed by atoms with van der Waals surface area (Å²) in [4.78, 5) is 41.3. The number of benzene rings is 3. The molecule has 1 unspecified atom stereocenters. The lowest BCUT2D eigenvalue weighted by molar-refractivity contribution is -0.127. The van der Waals surface area contributed by atoms with Crippen molar-refractivity contribution in [2.45, 2.75) is 46.7 Å². The maximum Gasteiger partial charge on any atom is 0.249 e. The Morgan fingerprint density at radius 2 is 1.68 bits per heavy atom. The van der Waals surface area contributed by atoms with E-state index in [-0.39, 0.29) is 24.1 Å². The van der Waals surface area contributed by atoms with Crippen LogP contribution in [0.4, 0.5) is 5.69 Å². The summed E-state index contributed by atoms with van der Waals surface area (Å²) in [7, 11) is 0. The van der Waals surface area contributed by atoms with E-state index in [4.69, 9.17) is 4.74 Å². The minimum Gasteiger partial charge on any atom is -0.494 e. The molecular formula is C31H35N5O4. The molecule has 9 heteroatoms. The number of amides is 2. The van der Waals surface area contributed by atoms with E-state index in [0.717, 1.165) is 6.42 Å². The van der Waals surface area contributed by atoms with Gasteiger partial charge in [-0.25, -0.2) is 4.68 Å². The van der Waals surface area contributed by atoms with Gasteiger partial charge in [0.15, 0.2) is 5.78 Å². The van der Waals surface area contributed by atoms with Crippen molar-refractivity contribution in [2.75, 3.05) is 18.1 Å². The number of carbonyl (C=O) groups excluding carboxylic acids is 3. The normalized spacial score (nSPS) is 11.8. The molecule has 4 aromatic rings. The summed E-state index contributed by atoms with van der Waals surface area (Å²) in [6.07, 6.45) is 0.800. The first kappa shape index (κ1) is 28.5. The molecule has 1 atom stereocenters. The molecule has 0 fully saturated rings. The van der Waals surface area contributed by atoms with E-state index >= 15 is 0 Å². The first-order chi connectivity index (χ1) is 19.3. The second-order valence-electron chi connectivity index (χ2n) is 9.98. The smallest absolute Gasteiger partial charge is 0.249 e. The third-order valence-electron chi connectivity index (χ3n) is 6.56. The van der Waals surface area contributed by atoms with Gasteiger partial charge >= 0.3 is 0 Å². The Labute approximate surface area is 234 Å². The summed E-state index contributed by atoms with van der Waals surface area (Å²) < 4.78 is 7.13. The maximum absolute atomic E-state index is 14.1. The number of nitrogens with one attached hydrogen (secondary N) is 1. The van der Waals surface area contributed by atoms with Crippen LogP contribution in [0, 0.1) is 5.92 Å². The number of fused-ring (bicyclic) bond motifs is 1. The van der Waals surface area contributed by atoms with Crippen molar-refractivity contribution >= 4 is 34.3 Å². The van der Waals surface area contributed by atoms with Crippen molar-refractivity contribution in [2.24, 2.45) is 5.92 Å². The van der Waals surface area contributed by atoms with Crippen LogP contribution in [0.15, 0.2) is 72.8 Å². The first-order valence-electron chi connectivity index (χ1n) is 13.5. The van der Waals surface area contributed by atoms with Crippen LogP contribution < -0.4 is 15.0 Å². The first-order valence-corrected chi connectivity index (χ1v) is 13.5. The van der Waals surface area contributed by atoms with Gasteiger partial charge in [0.2, 0.25) is 11.8 Å². The Morgan fingerprint density at radius 1 is 0.975 bits per heavy atom.